The minimum Gasteiger partial charge on any atom is -0.351 e. The predicted molar refractivity (Wildman–Crippen MR) is 116 cm³/mol. The lowest BCUT2D eigenvalue weighted by atomic mass is 10.0. The Balaban J connectivity index is 1.57. The highest BCUT2D eigenvalue weighted by Gasteiger charge is 2.15. The molecule has 0 aliphatic rings. The summed E-state index contributed by atoms with van der Waals surface area (Å²) in [5, 5.41) is 19.6. The first-order chi connectivity index (χ1) is 14.9. The minimum atomic E-state index is -1.21. The maximum atomic E-state index is 14.5. The summed E-state index contributed by atoms with van der Waals surface area (Å²) in [7, 11) is 3.94. The number of ether oxygens (including phenoxy) is 1. The molecule has 10 heteroatoms. The van der Waals surface area contributed by atoms with Gasteiger partial charge in [0.25, 0.3) is 5.56 Å². The van der Waals surface area contributed by atoms with E-state index in [1.807, 2.05) is 19.0 Å². The number of aliphatic hydroxyl groups is 1. The molecule has 2 heterocycles. The highest BCUT2D eigenvalue weighted by atomic mass is 19.1. The summed E-state index contributed by atoms with van der Waals surface area (Å²) < 4.78 is 19.8. The van der Waals surface area contributed by atoms with E-state index in [2.05, 4.69) is 25.5 Å². The van der Waals surface area contributed by atoms with Gasteiger partial charge in [-0.1, -0.05) is 12.1 Å². The number of nitrogens with one attached hydrogen (secondary N) is 3. The van der Waals surface area contributed by atoms with Crippen LogP contribution >= 0.6 is 0 Å². The lowest BCUT2D eigenvalue weighted by Crippen LogP contribution is -2.25. The van der Waals surface area contributed by atoms with E-state index in [4.69, 9.17) is 4.74 Å². The van der Waals surface area contributed by atoms with E-state index in [1.54, 1.807) is 24.3 Å². The number of imidazole rings is 1. The second-order valence-electron chi connectivity index (χ2n) is 7.41. The molecule has 0 saturated carbocycles. The van der Waals surface area contributed by atoms with Gasteiger partial charge in [0.1, 0.15) is 11.5 Å². The molecule has 2 aromatic heterocycles. The Hall–Kier alpha value is -3.34. The number of aromatic amines is 2. The molecule has 4 N–H and O–H groups in total. The van der Waals surface area contributed by atoms with E-state index in [0.717, 1.165) is 13.0 Å². The summed E-state index contributed by atoms with van der Waals surface area (Å²) in [6.45, 7) is 1.25. The molecule has 4 rings (SSSR count). The predicted octanol–water partition coefficient (Wildman–Crippen LogP) is 2.26. The third-order valence-electron chi connectivity index (χ3n) is 4.81. The zero-order valence-corrected chi connectivity index (χ0v) is 17.1. The number of hydrogen-bond donors (Lipinski definition) is 4. The monoisotopic (exact) mass is 426 g/mol. The number of nitrogens with zero attached hydrogens (tertiary/aromatic N) is 3. The van der Waals surface area contributed by atoms with Gasteiger partial charge in [0.2, 0.25) is 12.4 Å². The van der Waals surface area contributed by atoms with Gasteiger partial charge in [0, 0.05) is 5.56 Å². The van der Waals surface area contributed by atoms with Gasteiger partial charge in [-0.05, 0) is 51.3 Å². The number of aliphatic hydroxyl groups excluding tert-OH is 1. The zero-order chi connectivity index (χ0) is 22.0. The van der Waals surface area contributed by atoms with E-state index in [1.165, 1.54) is 12.1 Å². The molecular weight excluding hydrogens is 403 g/mol. The fraction of sp³-hybridized carbons (Fsp3) is 0.286. The van der Waals surface area contributed by atoms with Crippen molar-refractivity contribution in [1.82, 2.24) is 25.1 Å². The molecule has 9 nitrogen and oxygen atoms in total. The molecule has 0 amide bonds. The Morgan fingerprint density at radius 3 is 2.94 bits per heavy atom. The minimum absolute atomic E-state index is 0.154. The smallest absolute Gasteiger partial charge is 0.272 e. The normalized spacial score (nSPS) is 12.7. The Kier molecular flexibility index (Phi) is 5.94. The molecule has 0 aliphatic carbocycles. The second kappa shape index (κ2) is 8.80. The number of aromatic nitrogens is 4. The molecule has 0 spiro atoms. The van der Waals surface area contributed by atoms with E-state index in [-0.39, 0.29) is 10.8 Å². The number of hydrogen-bond acceptors (Lipinski definition) is 7. The number of anilines is 1. The summed E-state index contributed by atoms with van der Waals surface area (Å²) >= 11 is 0. The van der Waals surface area contributed by atoms with Crippen molar-refractivity contribution in [1.29, 1.82) is 0 Å². The number of fused-ring (bicyclic) bond motifs is 2. The summed E-state index contributed by atoms with van der Waals surface area (Å²) in [6.07, 6.45) is -0.424. The van der Waals surface area contributed by atoms with Crippen molar-refractivity contribution in [2.24, 2.45) is 0 Å². The van der Waals surface area contributed by atoms with Crippen molar-refractivity contribution < 1.29 is 14.2 Å². The SMILES string of the molecule is CN(C)CCCOC(O)Nc1nc2cc(-c3n[nH]c(=O)c4cccc(F)c34)ccc2[nH]1. The third-order valence-corrected chi connectivity index (χ3v) is 4.81. The fourth-order valence-electron chi connectivity index (χ4n) is 3.34. The van der Waals surface area contributed by atoms with Crippen molar-refractivity contribution in [2.45, 2.75) is 12.8 Å². The Morgan fingerprint density at radius 2 is 2.13 bits per heavy atom. The fourth-order valence-corrected chi connectivity index (χ4v) is 3.34. The maximum absolute atomic E-state index is 14.5. The van der Waals surface area contributed by atoms with Gasteiger partial charge in [-0.25, -0.2) is 14.5 Å². The van der Waals surface area contributed by atoms with Gasteiger partial charge in [-0.2, -0.15) is 5.10 Å². The van der Waals surface area contributed by atoms with Gasteiger partial charge in [-0.3, -0.25) is 4.79 Å². The van der Waals surface area contributed by atoms with Gasteiger partial charge in [0.15, 0.2) is 0 Å². The quantitative estimate of drug-likeness (QED) is 0.252. The van der Waals surface area contributed by atoms with Crippen molar-refractivity contribution in [3.8, 4) is 11.3 Å². The van der Waals surface area contributed by atoms with Crippen LogP contribution in [0.4, 0.5) is 10.3 Å². The van der Waals surface area contributed by atoms with Crippen molar-refractivity contribution >= 4 is 27.8 Å². The average Bonchev–Trinajstić information content (AvgIpc) is 3.13. The number of halogens is 1. The lowest BCUT2D eigenvalue weighted by molar-refractivity contribution is -0.0798. The first-order valence-corrected chi connectivity index (χ1v) is 9.80. The Labute approximate surface area is 176 Å². The van der Waals surface area contributed by atoms with Crippen LogP contribution in [0.2, 0.25) is 0 Å². The number of rotatable bonds is 8. The molecule has 0 aliphatic heterocycles. The molecule has 1 unspecified atom stereocenters. The van der Waals surface area contributed by atoms with Crippen LogP contribution in [0, 0.1) is 5.82 Å². The van der Waals surface area contributed by atoms with Crippen molar-refractivity contribution in [3.05, 3.63) is 52.6 Å². The summed E-state index contributed by atoms with van der Waals surface area (Å²) in [5.41, 5.74) is 1.75. The highest BCUT2D eigenvalue weighted by Crippen LogP contribution is 2.29. The van der Waals surface area contributed by atoms with Crippen LogP contribution in [0.3, 0.4) is 0 Å². The van der Waals surface area contributed by atoms with Crippen LogP contribution in [0.15, 0.2) is 41.2 Å². The highest BCUT2D eigenvalue weighted by molar-refractivity contribution is 5.96. The third kappa shape index (κ3) is 4.55. The molecule has 2 aromatic carbocycles. The lowest BCUT2D eigenvalue weighted by Gasteiger charge is -2.14. The molecular formula is C21H23FN6O3. The maximum Gasteiger partial charge on any atom is 0.272 e. The van der Waals surface area contributed by atoms with Crippen molar-refractivity contribution in [3.63, 3.8) is 0 Å². The molecule has 1 atom stereocenters. The molecule has 0 bridgehead atoms. The second-order valence-corrected chi connectivity index (χ2v) is 7.41. The molecule has 4 aromatic rings. The van der Waals surface area contributed by atoms with Crippen LogP contribution in [0.25, 0.3) is 33.1 Å². The zero-order valence-electron chi connectivity index (χ0n) is 17.1. The van der Waals surface area contributed by atoms with Crippen LogP contribution < -0.4 is 10.9 Å². The summed E-state index contributed by atoms with van der Waals surface area (Å²) in [6, 6.07) is 9.59. The molecule has 0 saturated heterocycles. The molecule has 0 fully saturated rings. The van der Waals surface area contributed by atoms with Gasteiger partial charge in [-0.15, -0.1) is 0 Å². The van der Waals surface area contributed by atoms with E-state index >= 15 is 0 Å². The van der Waals surface area contributed by atoms with Crippen LogP contribution in [-0.4, -0.2) is 63.8 Å². The number of benzene rings is 2. The summed E-state index contributed by atoms with van der Waals surface area (Å²) in [5.74, 6) is -0.192. The van der Waals surface area contributed by atoms with Crippen LogP contribution in [0.5, 0.6) is 0 Å². The molecule has 162 valence electrons. The van der Waals surface area contributed by atoms with Crippen LogP contribution in [0.1, 0.15) is 6.42 Å². The Bertz CT molecular complexity index is 1270. The van der Waals surface area contributed by atoms with Gasteiger partial charge >= 0.3 is 0 Å². The van der Waals surface area contributed by atoms with Crippen LogP contribution in [-0.2, 0) is 4.74 Å². The topological polar surface area (TPSA) is 119 Å². The standard InChI is InChI=1S/C21H23FN6O3/c1-28(2)9-4-10-31-21(30)25-20-23-15-8-7-12(11-16(15)24-20)18-17-13(19(29)27-26-18)5-3-6-14(17)22/h3,5-8,11,21,30H,4,9-10H2,1-2H3,(H,27,29)(H2,23,24,25). The van der Waals surface area contributed by atoms with E-state index in [0.29, 0.717) is 34.8 Å². The van der Waals surface area contributed by atoms with Gasteiger partial charge in [0.05, 0.1) is 28.4 Å². The molecule has 0 radical (unpaired) electrons. The largest absolute Gasteiger partial charge is 0.351 e. The van der Waals surface area contributed by atoms with Gasteiger partial charge < -0.3 is 25.0 Å². The van der Waals surface area contributed by atoms with E-state index in [9.17, 15) is 14.3 Å². The molecule has 31 heavy (non-hydrogen) atoms. The number of H-pyrrole nitrogens is 2. The Morgan fingerprint density at radius 1 is 1.29 bits per heavy atom. The average molecular weight is 426 g/mol. The van der Waals surface area contributed by atoms with Crippen molar-refractivity contribution in [2.75, 3.05) is 32.6 Å². The first kappa shape index (κ1) is 20.9. The summed E-state index contributed by atoms with van der Waals surface area (Å²) in [4.78, 5) is 21.5. The first-order valence-electron chi connectivity index (χ1n) is 9.80. The van der Waals surface area contributed by atoms with E-state index < -0.39 is 17.8 Å².